The van der Waals surface area contributed by atoms with Crippen LogP contribution in [0.25, 0.3) is 0 Å². The fourth-order valence-corrected chi connectivity index (χ4v) is 2.94. The highest BCUT2D eigenvalue weighted by Crippen LogP contribution is 2.31. The van der Waals surface area contributed by atoms with Crippen molar-refractivity contribution in [1.82, 2.24) is 14.6 Å². The zero-order valence-corrected chi connectivity index (χ0v) is 16.1. The first kappa shape index (κ1) is 20.7. The van der Waals surface area contributed by atoms with E-state index in [0.29, 0.717) is 40.6 Å². The number of rotatable bonds is 6. The Hall–Kier alpha value is -3.02. The van der Waals surface area contributed by atoms with Crippen LogP contribution in [0.1, 0.15) is 28.1 Å². The number of alkyl halides is 3. The minimum atomic E-state index is -4.36. The molecule has 0 unspecified atom stereocenters. The monoisotopic (exact) mass is 420 g/mol. The molecule has 0 aliphatic carbocycles. The van der Waals surface area contributed by atoms with Crippen LogP contribution in [0.15, 0.2) is 48.5 Å². The summed E-state index contributed by atoms with van der Waals surface area (Å²) in [6, 6.07) is 13.7. The predicted octanol–water partition coefficient (Wildman–Crippen LogP) is 5.17. The maximum atomic E-state index is 12.6. The van der Waals surface area contributed by atoms with E-state index in [1.165, 1.54) is 16.3 Å². The number of aryl methyl sites for hydroxylation is 1. The van der Waals surface area contributed by atoms with Crippen LogP contribution in [0.2, 0.25) is 0 Å². The third-order valence-corrected chi connectivity index (χ3v) is 4.42. The molecule has 0 fully saturated rings. The molecule has 3 aromatic rings. The van der Waals surface area contributed by atoms with Gasteiger partial charge in [0, 0.05) is 24.9 Å². The van der Waals surface area contributed by atoms with Crippen LogP contribution in [0.4, 0.5) is 13.2 Å². The SMILES string of the molecule is Cc1nn(Cl)c(CNCc2ccc(C(F)(F)F)cc2)c1Oc1cccc(C#N)c1. The molecule has 0 aliphatic heterocycles. The highest BCUT2D eigenvalue weighted by atomic mass is 35.5. The molecule has 1 aromatic heterocycles. The number of nitrogens with zero attached hydrogens (tertiary/aromatic N) is 3. The topological polar surface area (TPSA) is 62.9 Å². The fourth-order valence-electron chi connectivity index (χ4n) is 2.69. The summed E-state index contributed by atoms with van der Waals surface area (Å²) in [4.78, 5) is 0. The van der Waals surface area contributed by atoms with Crippen molar-refractivity contribution in [3.8, 4) is 17.6 Å². The second kappa shape index (κ2) is 8.55. The standard InChI is InChI=1S/C20H16ClF3N4O/c1-13-19(29-17-4-2-3-15(9-17)10-25)18(28(21)27-13)12-26-11-14-5-7-16(8-6-14)20(22,23)24/h2-9,26H,11-12H2,1H3. The Morgan fingerprint density at radius 1 is 1.17 bits per heavy atom. The molecule has 0 bridgehead atoms. The summed E-state index contributed by atoms with van der Waals surface area (Å²) in [5.74, 6) is 0.927. The van der Waals surface area contributed by atoms with Crippen LogP contribution in [0, 0.1) is 18.3 Å². The van der Waals surface area contributed by atoms with Gasteiger partial charge in [0.15, 0.2) is 5.75 Å². The van der Waals surface area contributed by atoms with Crippen LogP contribution in [0.3, 0.4) is 0 Å². The van der Waals surface area contributed by atoms with E-state index in [-0.39, 0.29) is 6.54 Å². The van der Waals surface area contributed by atoms with Gasteiger partial charge < -0.3 is 10.1 Å². The minimum Gasteiger partial charge on any atom is -0.453 e. The first-order chi connectivity index (χ1) is 13.8. The van der Waals surface area contributed by atoms with E-state index in [2.05, 4.69) is 10.4 Å². The van der Waals surface area contributed by atoms with Crippen molar-refractivity contribution in [1.29, 1.82) is 5.26 Å². The highest BCUT2D eigenvalue weighted by molar-refractivity contribution is 6.15. The van der Waals surface area contributed by atoms with Gasteiger partial charge in [-0.3, -0.25) is 0 Å². The number of hydrogen-bond acceptors (Lipinski definition) is 4. The first-order valence-electron chi connectivity index (χ1n) is 8.57. The molecule has 0 spiro atoms. The third-order valence-electron chi connectivity index (χ3n) is 4.14. The molecule has 5 nitrogen and oxygen atoms in total. The molecule has 1 N–H and O–H groups in total. The van der Waals surface area contributed by atoms with Crippen molar-refractivity contribution in [3.63, 3.8) is 0 Å². The molecular formula is C20H16ClF3N4O. The average Bonchev–Trinajstić information content (AvgIpc) is 2.95. The lowest BCUT2D eigenvalue weighted by atomic mass is 10.1. The Morgan fingerprint density at radius 2 is 1.90 bits per heavy atom. The number of ether oxygens (including phenoxy) is 1. The van der Waals surface area contributed by atoms with Crippen LogP contribution in [0.5, 0.6) is 11.5 Å². The number of nitrogens with one attached hydrogen (secondary N) is 1. The Morgan fingerprint density at radius 3 is 2.55 bits per heavy atom. The second-order valence-electron chi connectivity index (χ2n) is 6.26. The molecule has 1 heterocycles. The minimum absolute atomic E-state index is 0.276. The van der Waals surface area contributed by atoms with Crippen molar-refractivity contribution >= 4 is 11.8 Å². The molecule has 9 heteroatoms. The van der Waals surface area contributed by atoms with Gasteiger partial charge in [0.25, 0.3) is 0 Å². The molecule has 0 amide bonds. The van der Waals surface area contributed by atoms with E-state index in [1.807, 2.05) is 6.07 Å². The van der Waals surface area contributed by atoms with Gasteiger partial charge in [0.05, 0.1) is 17.2 Å². The lowest BCUT2D eigenvalue weighted by Gasteiger charge is -2.10. The Kier molecular flexibility index (Phi) is 6.11. The Labute approximate surface area is 170 Å². The number of hydrogen-bond donors (Lipinski definition) is 1. The largest absolute Gasteiger partial charge is 0.453 e. The van der Waals surface area contributed by atoms with E-state index >= 15 is 0 Å². The van der Waals surface area contributed by atoms with Crippen molar-refractivity contribution in [2.24, 2.45) is 0 Å². The molecule has 0 radical (unpaired) electrons. The summed E-state index contributed by atoms with van der Waals surface area (Å²) in [5.41, 5.74) is 1.58. The number of halogens is 4. The smallest absolute Gasteiger partial charge is 0.416 e. The number of benzene rings is 2. The fraction of sp³-hybridized carbons (Fsp3) is 0.200. The number of nitriles is 1. The van der Waals surface area contributed by atoms with Gasteiger partial charge in [-0.1, -0.05) is 18.2 Å². The average molecular weight is 421 g/mol. The van der Waals surface area contributed by atoms with E-state index in [0.717, 1.165) is 12.1 Å². The summed E-state index contributed by atoms with van der Waals surface area (Å²) in [5, 5.41) is 16.3. The molecular weight excluding hydrogens is 405 g/mol. The summed E-state index contributed by atoms with van der Waals surface area (Å²) >= 11 is 6.14. The van der Waals surface area contributed by atoms with E-state index < -0.39 is 11.7 Å². The van der Waals surface area contributed by atoms with Gasteiger partial charge in [-0.05, 0) is 42.8 Å². The molecule has 29 heavy (non-hydrogen) atoms. The first-order valence-corrected chi connectivity index (χ1v) is 8.91. The van der Waals surface area contributed by atoms with Crippen LogP contribution in [-0.4, -0.2) is 9.30 Å². The molecule has 0 saturated heterocycles. The normalized spacial score (nSPS) is 11.3. The van der Waals surface area contributed by atoms with E-state index in [9.17, 15) is 13.2 Å². The van der Waals surface area contributed by atoms with Crippen LogP contribution >= 0.6 is 11.8 Å². The molecule has 0 saturated carbocycles. The lowest BCUT2D eigenvalue weighted by Crippen LogP contribution is -2.15. The van der Waals surface area contributed by atoms with Gasteiger partial charge in [-0.2, -0.15) is 27.7 Å². The highest BCUT2D eigenvalue weighted by Gasteiger charge is 2.29. The summed E-state index contributed by atoms with van der Waals surface area (Å²) in [6.07, 6.45) is -4.36. The van der Waals surface area contributed by atoms with Crippen molar-refractivity contribution in [2.75, 3.05) is 0 Å². The maximum Gasteiger partial charge on any atom is 0.416 e. The molecule has 2 aromatic carbocycles. The predicted molar refractivity (Wildman–Crippen MR) is 101 cm³/mol. The Balaban J connectivity index is 1.69. The summed E-state index contributed by atoms with van der Waals surface area (Å²) in [7, 11) is 0. The van der Waals surface area contributed by atoms with E-state index in [1.54, 1.807) is 31.2 Å². The second-order valence-corrected chi connectivity index (χ2v) is 6.58. The zero-order chi connectivity index (χ0) is 21.0. The van der Waals surface area contributed by atoms with Crippen molar-refractivity contribution < 1.29 is 17.9 Å². The van der Waals surface area contributed by atoms with Gasteiger partial charge in [0.1, 0.15) is 17.1 Å². The number of aromatic nitrogens is 2. The lowest BCUT2D eigenvalue weighted by molar-refractivity contribution is -0.137. The molecule has 0 aliphatic rings. The summed E-state index contributed by atoms with van der Waals surface area (Å²) < 4.78 is 45.0. The quantitative estimate of drug-likeness (QED) is 0.598. The zero-order valence-electron chi connectivity index (χ0n) is 15.3. The maximum absolute atomic E-state index is 12.6. The van der Waals surface area contributed by atoms with E-state index in [4.69, 9.17) is 21.8 Å². The van der Waals surface area contributed by atoms with Gasteiger partial charge in [-0.15, -0.1) is 0 Å². The third kappa shape index (κ3) is 5.08. The molecule has 3 rings (SSSR count). The van der Waals surface area contributed by atoms with Crippen LogP contribution in [-0.2, 0) is 19.3 Å². The van der Waals surface area contributed by atoms with Gasteiger partial charge >= 0.3 is 6.18 Å². The van der Waals surface area contributed by atoms with Crippen molar-refractivity contribution in [3.05, 3.63) is 76.6 Å². The van der Waals surface area contributed by atoms with Gasteiger partial charge in [0.2, 0.25) is 0 Å². The molecule has 0 atom stereocenters. The van der Waals surface area contributed by atoms with Gasteiger partial charge in [-0.25, -0.2) is 0 Å². The molecule has 150 valence electrons. The van der Waals surface area contributed by atoms with Crippen LogP contribution < -0.4 is 10.1 Å². The Bertz CT molecular complexity index is 1040. The van der Waals surface area contributed by atoms with Crippen molar-refractivity contribution in [2.45, 2.75) is 26.2 Å². The summed E-state index contributed by atoms with van der Waals surface area (Å²) in [6.45, 7) is 2.35.